The molecule has 8 heterocycles. The van der Waals surface area contributed by atoms with Gasteiger partial charge in [0.15, 0.2) is 17.3 Å². The highest BCUT2D eigenvalue weighted by molar-refractivity contribution is 7.93. The Balaban J connectivity index is 0.000000171. The fourth-order valence-corrected chi connectivity index (χ4v) is 26.5. The highest BCUT2D eigenvalue weighted by Crippen LogP contribution is 2.44. The standard InChI is InChI=1S/C26H33NO5S.C25H33NO5S.C20H25NO5S.C20H23NO4S.C13H18O4S.2C4H8O/c1-17-13-18(2)23-7-5-19(3)27(25(23)14-17)33(29,30)22-6-8-26(24(15-22)20(4)28)32-16-21-9-11-31-12-10-21;1-17-12-18(2)23-6-4-19(3)26(24(23)13-17)32(28,29)22-5-7-25(21(14-22)15-27)31-16-20-8-10-30-11-9-20;1-12-9-13(2)17(7-5-14(3)22)19(10-12)21-27(25,26)16-6-8-20(24)18(11-16)15(4)23;1-12-9-13(2)17-7-5-14(3)21(19(17)10-12)26(24,25)16-6-8-20(23)18(11-16)15(4)22;1-11-2-4-13(5-3-11)18(14,15)17-10-12-6-8-16-9-7-12;2*1-2-4-5-3-1/h6,8,13-15,19,21H,5,7,9-12,16H2,1-4H3;5,7,12-14,19-20,27H,4,6,8-11,15-16H2,1-3H3;6,8-11,14,21-22,24H,5,7H2,1-4H3;6,8-11,14,23H,5,7H2,1-4H3;2-5,12H,6-10H2,1H3;2*1-4H2/t2*19-;2*14-;;;/m0010.../s1. The van der Waals surface area contributed by atoms with Crippen LogP contribution in [0.4, 0.5) is 22.7 Å². The number of phenolic OH excluding ortho intramolecular Hbond substituents is 2. The summed E-state index contributed by atoms with van der Waals surface area (Å²) in [6, 6.07) is 38.9. The third-order valence-corrected chi connectivity index (χ3v) is 35.8. The highest BCUT2D eigenvalue weighted by atomic mass is 32.2. The summed E-state index contributed by atoms with van der Waals surface area (Å²) in [7, 11) is -19.1. The summed E-state index contributed by atoms with van der Waals surface area (Å²) in [4.78, 5) is 36.1. The predicted molar refractivity (Wildman–Crippen MR) is 568 cm³/mol. The van der Waals surface area contributed by atoms with Crippen molar-refractivity contribution in [2.75, 3.05) is 104 Å². The van der Waals surface area contributed by atoms with E-state index >= 15 is 0 Å². The maximum absolute atomic E-state index is 13.8. The quantitative estimate of drug-likeness (QED) is 0.0248. The number of fused-ring (bicyclic) bond motifs is 3. The van der Waals surface area contributed by atoms with Gasteiger partial charge in [-0.3, -0.25) is 36.2 Å². The van der Waals surface area contributed by atoms with Crippen LogP contribution >= 0.6 is 0 Å². The molecule has 5 N–H and O–H groups in total. The average Bonchev–Trinajstić information content (AvgIpc) is 0.917. The molecule has 0 bridgehead atoms. The van der Waals surface area contributed by atoms with Crippen LogP contribution in [0, 0.1) is 80.1 Å². The molecular formula is C112H148N4O25S5. The van der Waals surface area contributed by atoms with Crippen molar-refractivity contribution in [2.24, 2.45) is 17.8 Å². The Hall–Kier alpha value is -10.2. The number of Topliss-reactive ketones (excluding diaryl/α,β-unsaturated/α-hetero) is 3. The monoisotopic (exact) mass is 2110 g/mol. The van der Waals surface area contributed by atoms with Gasteiger partial charge in [-0.1, -0.05) is 42.0 Å². The Morgan fingerprint density at radius 3 is 1.11 bits per heavy atom. The largest absolute Gasteiger partial charge is 0.507 e. The number of nitrogens with one attached hydrogen (secondary N) is 1. The molecule has 9 aromatic carbocycles. The molecule has 29 nitrogen and oxygen atoms in total. The number of aliphatic hydroxyl groups excluding tert-OH is 2. The first kappa shape index (κ1) is 116. The number of sulfonamides is 4. The normalized spacial score (nSPS) is 17.9. The lowest BCUT2D eigenvalue weighted by atomic mass is 9.93. The summed E-state index contributed by atoms with van der Waals surface area (Å²) in [5.74, 6) is 0.554. The van der Waals surface area contributed by atoms with Gasteiger partial charge in [0.25, 0.3) is 50.2 Å². The van der Waals surface area contributed by atoms with Gasteiger partial charge in [0.05, 0.1) is 96.4 Å². The second kappa shape index (κ2) is 52.8. The van der Waals surface area contributed by atoms with E-state index < -0.39 is 62.1 Å². The first-order valence-electron chi connectivity index (χ1n) is 50.6. The van der Waals surface area contributed by atoms with E-state index in [1.54, 1.807) is 71.9 Å². The predicted octanol–water partition coefficient (Wildman–Crippen LogP) is 19.8. The van der Waals surface area contributed by atoms with Crippen molar-refractivity contribution in [3.8, 4) is 23.0 Å². The molecule has 5 saturated heterocycles. The molecule has 0 aromatic heterocycles. The van der Waals surface area contributed by atoms with Gasteiger partial charge in [-0.25, -0.2) is 33.7 Å². The summed E-state index contributed by atoms with van der Waals surface area (Å²) in [6.07, 6.45) is 15.9. The first-order chi connectivity index (χ1) is 69.2. The number of nitrogens with zero attached hydrogens (tertiary/aromatic N) is 3. The fraction of sp³-hybridized carbons (Fsp3) is 0.491. The molecule has 0 aliphatic carbocycles. The highest BCUT2D eigenvalue weighted by Gasteiger charge is 2.40. The summed E-state index contributed by atoms with van der Waals surface area (Å²) in [6.45, 7) is 38.5. The van der Waals surface area contributed by atoms with Crippen molar-refractivity contribution >= 4 is 90.3 Å². The zero-order chi connectivity index (χ0) is 106. The number of rotatable bonds is 26. The molecule has 796 valence electrons. The SMILES string of the molecule is C1CCOC1.C1CCOC1.CC(=O)c1cc(S(=O)(=O)N2c3cc(C)cc(C)c3CC[C@@H]2C)ccc1O.CC(=O)c1cc(S(=O)(=O)N2c3cc(C)cc(C)c3CC[C@@H]2C)ccc1OCC1CCOCC1.CC(=O)c1cc(S(=O)(=O)Nc2cc(C)cc(C)c2CC[C@@H](C)O)ccc1O.Cc1cc(C)c2c(c1)N(S(=O)(=O)c1ccc(OCC3CCOCC3)c(CO)c1)[C@@H](C)CC2.Cc1ccc(S(=O)(=O)OCC2CCOCC2)cc1. The number of phenols is 2. The zero-order valence-electron chi connectivity index (χ0n) is 87.3. The molecule has 0 amide bonds. The molecule has 0 spiro atoms. The van der Waals surface area contributed by atoms with E-state index in [0.29, 0.717) is 85.1 Å². The smallest absolute Gasteiger partial charge is 0.296 e. The van der Waals surface area contributed by atoms with E-state index in [0.717, 1.165) is 220 Å². The Labute approximate surface area is 864 Å². The fourth-order valence-electron chi connectivity index (χ4n) is 19.1. The minimum Gasteiger partial charge on any atom is -0.507 e. The lowest BCUT2D eigenvalue weighted by molar-refractivity contribution is 0.0494. The van der Waals surface area contributed by atoms with Crippen molar-refractivity contribution in [1.82, 2.24) is 0 Å². The molecule has 0 saturated carbocycles. The number of carbonyl (C=O) groups excluding carboxylic acids is 3. The van der Waals surface area contributed by atoms with Crippen LogP contribution in [0.5, 0.6) is 23.0 Å². The maximum Gasteiger partial charge on any atom is 0.296 e. The number of ether oxygens (including phenoxy) is 7. The van der Waals surface area contributed by atoms with Gasteiger partial charge in [0, 0.05) is 89.8 Å². The molecule has 4 atom stereocenters. The molecule has 9 aromatic rings. The van der Waals surface area contributed by atoms with Crippen LogP contribution in [0.1, 0.15) is 247 Å². The summed E-state index contributed by atoms with van der Waals surface area (Å²) >= 11 is 0. The van der Waals surface area contributed by atoms with Crippen molar-refractivity contribution in [1.29, 1.82) is 0 Å². The number of benzene rings is 9. The number of aromatic hydroxyl groups is 2. The second-order valence-electron chi connectivity index (χ2n) is 39.5. The number of ketones is 3. The minimum absolute atomic E-state index is 0.0105. The van der Waals surface area contributed by atoms with Crippen LogP contribution in [0.3, 0.4) is 0 Å². The zero-order valence-corrected chi connectivity index (χ0v) is 91.4. The number of aryl methyl sites for hydroxylation is 9. The van der Waals surface area contributed by atoms with Gasteiger partial charge in [0.1, 0.15) is 23.0 Å². The van der Waals surface area contributed by atoms with Crippen molar-refractivity contribution in [3.05, 3.63) is 240 Å². The van der Waals surface area contributed by atoms with Gasteiger partial charge >= 0.3 is 0 Å². The van der Waals surface area contributed by atoms with Crippen LogP contribution in [0.25, 0.3) is 0 Å². The van der Waals surface area contributed by atoms with Crippen LogP contribution in [-0.2, 0) is 110 Å². The molecule has 8 aliphatic heterocycles. The first-order valence-corrected chi connectivity index (χ1v) is 57.8. The van der Waals surface area contributed by atoms with E-state index in [9.17, 15) is 76.9 Å². The van der Waals surface area contributed by atoms with Gasteiger partial charge in [0.2, 0.25) is 0 Å². The number of hydrogen-bond acceptors (Lipinski definition) is 25. The lowest BCUT2D eigenvalue weighted by Gasteiger charge is -2.37. The molecule has 5 fully saturated rings. The van der Waals surface area contributed by atoms with E-state index in [4.69, 9.17) is 37.3 Å². The van der Waals surface area contributed by atoms with Crippen molar-refractivity contribution < 1.29 is 114 Å². The second-order valence-corrected chi connectivity index (χ2v) is 48.2. The topological polar surface area (TPSA) is 398 Å². The maximum atomic E-state index is 13.8. The van der Waals surface area contributed by atoms with Crippen LogP contribution < -0.4 is 27.1 Å². The van der Waals surface area contributed by atoms with Gasteiger partial charge in [-0.15, -0.1) is 0 Å². The third-order valence-electron chi connectivity index (χ3n) is 27.4. The molecule has 146 heavy (non-hydrogen) atoms. The third kappa shape index (κ3) is 30.8. The number of anilines is 4. The Kier molecular flexibility index (Phi) is 42.0. The van der Waals surface area contributed by atoms with Crippen LogP contribution in [0.15, 0.2) is 170 Å². The minimum atomic E-state index is -3.96. The van der Waals surface area contributed by atoms with E-state index in [1.807, 2.05) is 107 Å². The average molecular weight is 2110 g/mol. The van der Waals surface area contributed by atoms with Crippen LogP contribution in [-0.4, -0.2) is 190 Å². The number of hydrogen-bond donors (Lipinski definition) is 5. The van der Waals surface area contributed by atoms with Crippen molar-refractivity contribution in [2.45, 2.75) is 282 Å². The molecule has 0 unspecified atom stereocenters. The van der Waals surface area contributed by atoms with E-state index in [-0.39, 0.29) is 95.9 Å². The van der Waals surface area contributed by atoms with Gasteiger partial charge < -0.3 is 53.6 Å². The van der Waals surface area contributed by atoms with E-state index in [2.05, 4.69) is 22.9 Å². The number of carbonyl (C=O) groups is 3. The summed E-state index contributed by atoms with van der Waals surface area (Å²) in [5, 5.41) is 39.1. The van der Waals surface area contributed by atoms with Gasteiger partial charge in [-0.05, 0) is 420 Å². The molecular weight excluding hydrogens is 1960 g/mol. The Morgan fingerprint density at radius 2 is 0.726 bits per heavy atom. The molecule has 0 radical (unpaired) electrons. The summed E-state index contributed by atoms with van der Waals surface area (Å²) < 4.78 is 182. The van der Waals surface area contributed by atoms with E-state index in [1.165, 1.54) is 91.5 Å². The lowest BCUT2D eigenvalue weighted by Crippen LogP contribution is -2.42. The molecule has 34 heteroatoms. The number of aliphatic hydroxyl groups is 2. The Bertz CT molecular complexity index is 6600. The molecule has 8 aliphatic rings. The molecule has 17 rings (SSSR count). The summed E-state index contributed by atoms with van der Waals surface area (Å²) in [5.41, 5.74) is 16.7. The van der Waals surface area contributed by atoms with Crippen LogP contribution in [0.2, 0.25) is 0 Å². The Morgan fingerprint density at radius 1 is 0.390 bits per heavy atom. The van der Waals surface area contributed by atoms with Gasteiger partial charge in [-0.2, -0.15) is 8.42 Å². The van der Waals surface area contributed by atoms with Crippen molar-refractivity contribution in [3.63, 3.8) is 0 Å².